The molecule has 0 aliphatic heterocycles. The minimum absolute atomic E-state index is 1.19. The quantitative estimate of drug-likeness (QED) is 0.596. The molecular weight excluding hydrogens is 251 g/mol. The van der Waals surface area contributed by atoms with Gasteiger partial charge in [0.15, 0.2) is 11.1 Å². The third kappa shape index (κ3) is 4.44. The van der Waals surface area contributed by atoms with Gasteiger partial charge in [-0.15, -0.1) is 0 Å². The van der Waals surface area contributed by atoms with Crippen LogP contribution in [0.2, 0.25) is 0 Å². The maximum atomic E-state index is 10.2. The minimum atomic E-state index is -1.58. The largest absolute Gasteiger partial charge is 0.507 e. The van der Waals surface area contributed by atoms with Crippen molar-refractivity contribution >= 4 is 35.5 Å². The van der Waals surface area contributed by atoms with Crippen LogP contribution in [0.3, 0.4) is 0 Å². The topological polar surface area (TPSA) is 93.1 Å². The Morgan fingerprint density at radius 3 is 1.53 bits per heavy atom. The summed E-state index contributed by atoms with van der Waals surface area (Å²) < 4.78 is 8.48. The van der Waals surface area contributed by atoms with Gasteiger partial charge >= 0.3 is 12.3 Å². The Labute approximate surface area is 95.7 Å². The molecule has 0 fully saturated rings. The molecule has 0 aliphatic rings. The highest BCUT2D eigenvalue weighted by molar-refractivity contribution is 6.23. The number of hydrogen-bond donors (Lipinski definition) is 2. The lowest BCUT2D eigenvalue weighted by Crippen LogP contribution is -2.39. The van der Waals surface area contributed by atoms with E-state index in [9.17, 15) is 9.59 Å². The van der Waals surface area contributed by atoms with E-state index in [2.05, 4.69) is 9.47 Å². The molecule has 88 valence electrons. The van der Waals surface area contributed by atoms with Crippen LogP contribution >= 0.6 is 23.2 Å². The average molecular weight is 261 g/mol. The van der Waals surface area contributed by atoms with E-state index in [1.807, 2.05) is 0 Å². The van der Waals surface area contributed by atoms with Gasteiger partial charge in [-0.1, -0.05) is 37.0 Å². The van der Waals surface area contributed by atoms with E-state index in [1.54, 1.807) is 0 Å². The first-order valence-corrected chi connectivity index (χ1v) is 4.62. The van der Waals surface area contributed by atoms with Crippen LogP contribution in [0.1, 0.15) is 13.8 Å². The zero-order valence-electron chi connectivity index (χ0n) is 7.94. The Hall–Kier alpha value is -0.880. The predicted octanol–water partition coefficient (Wildman–Crippen LogP) is 2.53. The molecule has 0 heterocycles. The van der Waals surface area contributed by atoms with Crippen LogP contribution in [-0.4, -0.2) is 33.7 Å². The maximum absolute atomic E-state index is 10.2. The standard InChI is InChI=1S/C7H10Cl2O6/c1-7(2,3(8)14-5(10)11)4(9)15-6(12)13/h3-4H,1-2H3,(H,10,11)(H,12,13). The monoisotopic (exact) mass is 260 g/mol. The Morgan fingerprint density at radius 1 is 1.07 bits per heavy atom. The molecule has 0 bridgehead atoms. The van der Waals surface area contributed by atoms with Crippen LogP contribution in [0.15, 0.2) is 0 Å². The van der Waals surface area contributed by atoms with Crippen molar-refractivity contribution in [1.29, 1.82) is 0 Å². The second kappa shape index (κ2) is 5.27. The summed E-state index contributed by atoms with van der Waals surface area (Å²) in [5, 5.41) is 16.6. The number of carbonyl (C=O) groups is 2. The van der Waals surface area contributed by atoms with Gasteiger partial charge in [-0.05, 0) is 0 Å². The first-order chi connectivity index (χ1) is 6.67. The van der Waals surface area contributed by atoms with E-state index in [0.717, 1.165) is 0 Å². The lowest BCUT2D eigenvalue weighted by atomic mass is 9.95. The molecule has 0 radical (unpaired) electrons. The highest BCUT2D eigenvalue weighted by atomic mass is 35.5. The van der Waals surface area contributed by atoms with Crippen molar-refractivity contribution in [3.8, 4) is 0 Å². The van der Waals surface area contributed by atoms with Crippen molar-refractivity contribution in [2.24, 2.45) is 5.41 Å². The smallest absolute Gasteiger partial charge is 0.450 e. The van der Waals surface area contributed by atoms with Crippen molar-refractivity contribution in [2.45, 2.75) is 25.0 Å². The lowest BCUT2D eigenvalue weighted by Gasteiger charge is -2.31. The lowest BCUT2D eigenvalue weighted by molar-refractivity contribution is -0.0194. The van der Waals surface area contributed by atoms with Gasteiger partial charge in [-0.2, -0.15) is 0 Å². The summed E-state index contributed by atoms with van der Waals surface area (Å²) in [5.74, 6) is 0. The number of ether oxygens (including phenoxy) is 2. The van der Waals surface area contributed by atoms with E-state index < -0.39 is 28.9 Å². The first kappa shape index (κ1) is 14.1. The van der Waals surface area contributed by atoms with Crippen LogP contribution in [0.4, 0.5) is 9.59 Å². The molecule has 0 saturated carbocycles. The second-order valence-corrected chi connectivity index (χ2v) is 4.01. The highest BCUT2D eigenvalue weighted by Crippen LogP contribution is 2.34. The van der Waals surface area contributed by atoms with Gasteiger partial charge in [-0.3, -0.25) is 0 Å². The predicted molar refractivity (Wildman–Crippen MR) is 51.3 cm³/mol. The molecule has 2 atom stereocenters. The zero-order valence-corrected chi connectivity index (χ0v) is 9.45. The molecule has 0 rings (SSSR count). The minimum Gasteiger partial charge on any atom is -0.450 e. The zero-order chi connectivity index (χ0) is 12.2. The normalized spacial score (nSPS) is 15.2. The molecule has 15 heavy (non-hydrogen) atoms. The Balaban J connectivity index is 4.49. The van der Waals surface area contributed by atoms with Gasteiger partial charge in [0.05, 0.1) is 5.41 Å². The molecule has 2 N–H and O–H groups in total. The van der Waals surface area contributed by atoms with Gasteiger partial charge < -0.3 is 19.7 Å². The van der Waals surface area contributed by atoms with E-state index in [4.69, 9.17) is 33.4 Å². The molecule has 2 unspecified atom stereocenters. The van der Waals surface area contributed by atoms with Gasteiger partial charge in [0.25, 0.3) is 0 Å². The number of rotatable bonds is 4. The second-order valence-electron chi connectivity index (χ2n) is 3.22. The van der Waals surface area contributed by atoms with Gasteiger partial charge in [0.1, 0.15) is 0 Å². The number of carboxylic acid groups (broad SMARTS) is 2. The molecule has 0 saturated heterocycles. The molecule has 0 aromatic heterocycles. The molecule has 8 heteroatoms. The SMILES string of the molecule is CC(C)(C(Cl)OC(=O)O)C(Cl)OC(=O)O. The molecule has 0 aromatic rings. The molecule has 0 spiro atoms. The summed E-state index contributed by atoms with van der Waals surface area (Å²) in [6.45, 7) is 2.82. The van der Waals surface area contributed by atoms with E-state index >= 15 is 0 Å². The third-order valence-electron chi connectivity index (χ3n) is 1.58. The van der Waals surface area contributed by atoms with Crippen molar-refractivity contribution in [1.82, 2.24) is 0 Å². The van der Waals surface area contributed by atoms with Gasteiger partial charge in [0.2, 0.25) is 0 Å². The number of alkyl halides is 2. The number of halogens is 2. The summed E-state index contributed by atoms with van der Waals surface area (Å²) in [4.78, 5) is 20.4. The van der Waals surface area contributed by atoms with E-state index in [1.165, 1.54) is 13.8 Å². The molecule has 6 nitrogen and oxygen atoms in total. The molecule has 0 amide bonds. The number of hydrogen-bond acceptors (Lipinski definition) is 4. The van der Waals surface area contributed by atoms with Crippen molar-refractivity contribution in [3.63, 3.8) is 0 Å². The first-order valence-electron chi connectivity index (χ1n) is 3.75. The van der Waals surface area contributed by atoms with Crippen molar-refractivity contribution in [3.05, 3.63) is 0 Å². The summed E-state index contributed by atoms with van der Waals surface area (Å²) >= 11 is 11.2. The average Bonchev–Trinajstić information content (AvgIpc) is 2.01. The molecule has 0 aromatic carbocycles. The van der Waals surface area contributed by atoms with E-state index in [-0.39, 0.29) is 0 Å². The fraction of sp³-hybridized carbons (Fsp3) is 0.714. The van der Waals surface area contributed by atoms with Crippen LogP contribution in [-0.2, 0) is 9.47 Å². The Morgan fingerprint density at radius 2 is 1.33 bits per heavy atom. The Kier molecular flexibility index (Phi) is 4.96. The van der Waals surface area contributed by atoms with Crippen molar-refractivity contribution in [2.75, 3.05) is 0 Å². The molecular formula is C7H10Cl2O6. The summed E-state index contributed by atoms with van der Waals surface area (Å²) in [5.41, 5.74) is -3.84. The van der Waals surface area contributed by atoms with Crippen LogP contribution < -0.4 is 0 Å². The van der Waals surface area contributed by atoms with Crippen LogP contribution in [0.25, 0.3) is 0 Å². The fourth-order valence-corrected chi connectivity index (χ4v) is 1.03. The van der Waals surface area contributed by atoms with Crippen LogP contribution in [0.5, 0.6) is 0 Å². The van der Waals surface area contributed by atoms with E-state index in [0.29, 0.717) is 0 Å². The third-order valence-corrected chi connectivity index (χ3v) is 2.88. The fourth-order valence-electron chi connectivity index (χ4n) is 0.584. The van der Waals surface area contributed by atoms with Gasteiger partial charge in [0, 0.05) is 0 Å². The van der Waals surface area contributed by atoms with Crippen LogP contribution in [0, 0.1) is 5.41 Å². The summed E-state index contributed by atoms with van der Waals surface area (Å²) in [7, 11) is 0. The van der Waals surface area contributed by atoms with Crippen molar-refractivity contribution < 1.29 is 29.3 Å². The maximum Gasteiger partial charge on any atom is 0.507 e. The summed E-state index contributed by atoms with van der Waals surface area (Å²) in [6.07, 6.45) is -3.16. The Bertz CT molecular complexity index is 230. The summed E-state index contributed by atoms with van der Waals surface area (Å²) in [6, 6.07) is 0. The van der Waals surface area contributed by atoms with Gasteiger partial charge in [-0.25, -0.2) is 9.59 Å². The molecule has 0 aliphatic carbocycles. The highest BCUT2D eigenvalue weighted by Gasteiger charge is 2.40.